The second-order valence-electron chi connectivity index (χ2n) is 5.69. The summed E-state index contributed by atoms with van der Waals surface area (Å²) < 4.78 is 13.0. The highest BCUT2D eigenvalue weighted by molar-refractivity contribution is 6.03. The van der Waals surface area contributed by atoms with Crippen LogP contribution >= 0.6 is 0 Å². The summed E-state index contributed by atoms with van der Waals surface area (Å²) in [6, 6.07) is 13.2. The minimum Gasteiger partial charge on any atom is -0.340 e. The molecule has 126 valence electrons. The lowest BCUT2D eigenvalue weighted by atomic mass is 10.1. The van der Waals surface area contributed by atoms with Gasteiger partial charge in [0.2, 0.25) is 0 Å². The number of amides is 1. The molecule has 3 aromatic rings. The van der Waals surface area contributed by atoms with Crippen molar-refractivity contribution in [2.24, 2.45) is 0 Å². The van der Waals surface area contributed by atoms with Crippen LogP contribution in [0, 0.1) is 19.7 Å². The minimum atomic E-state index is -0.323. The summed E-state index contributed by atoms with van der Waals surface area (Å²) in [6.45, 7) is 3.93. The Bertz CT molecular complexity index is 910. The first kappa shape index (κ1) is 16.6. The van der Waals surface area contributed by atoms with Crippen molar-refractivity contribution < 1.29 is 9.18 Å². The first-order valence-electron chi connectivity index (χ1n) is 7.74. The number of halogens is 1. The Morgan fingerprint density at radius 3 is 2.48 bits per heavy atom. The van der Waals surface area contributed by atoms with E-state index in [1.54, 1.807) is 18.2 Å². The van der Waals surface area contributed by atoms with Crippen molar-refractivity contribution in [3.05, 3.63) is 77.5 Å². The van der Waals surface area contributed by atoms with Crippen LogP contribution in [0.3, 0.4) is 0 Å². The Kier molecular flexibility index (Phi) is 4.70. The molecule has 0 aliphatic rings. The fourth-order valence-corrected chi connectivity index (χ4v) is 2.37. The molecule has 3 rings (SSSR count). The first-order valence-corrected chi connectivity index (χ1v) is 7.74. The molecule has 1 heterocycles. The van der Waals surface area contributed by atoms with E-state index < -0.39 is 0 Å². The van der Waals surface area contributed by atoms with E-state index in [1.165, 1.54) is 18.5 Å². The van der Waals surface area contributed by atoms with Gasteiger partial charge in [-0.2, -0.15) is 0 Å². The molecule has 5 nitrogen and oxygen atoms in total. The molecule has 6 heteroatoms. The molecule has 2 aromatic carbocycles. The molecule has 0 unspecified atom stereocenters. The van der Waals surface area contributed by atoms with Gasteiger partial charge in [-0.05, 0) is 49.7 Å². The van der Waals surface area contributed by atoms with Gasteiger partial charge in [0, 0.05) is 17.4 Å². The Balaban J connectivity index is 1.76. The highest BCUT2D eigenvalue weighted by Gasteiger charge is 2.11. The van der Waals surface area contributed by atoms with Crippen LogP contribution in [0.1, 0.15) is 21.6 Å². The largest absolute Gasteiger partial charge is 0.340 e. The topological polar surface area (TPSA) is 66.9 Å². The van der Waals surface area contributed by atoms with Crippen molar-refractivity contribution in [2.75, 3.05) is 10.6 Å². The first-order chi connectivity index (χ1) is 12.0. The van der Waals surface area contributed by atoms with E-state index in [-0.39, 0.29) is 17.4 Å². The van der Waals surface area contributed by atoms with Crippen molar-refractivity contribution in [3.8, 4) is 0 Å². The zero-order chi connectivity index (χ0) is 17.8. The molecule has 0 atom stereocenters. The van der Waals surface area contributed by atoms with E-state index in [1.807, 2.05) is 32.0 Å². The van der Waals surface area contributed by atoms with Gasteiger partial charge in [-0.1, -0.05) is 17.7 Å². The van der Waals surface area contributed by atoms with Gasteiger partial charge in [-0.25, -0.2) is 14.4 Å². The van der Waals surface area contributed by atoms with Gasteiger partial charge in [0.05, 0.1) is 0 Å². The number of aromatic nitrogens is 2. The van der Waals surface area contributed by atoms with Crippen molar-refractivity contribution in [1.29, 1.82) is 0 Å². The van der Waals surface area contributed by atoms with Crippen LogP contribution in [0.5, 0.6) is 0 Å². The smallest absolute Gasteiger partial charge is 0.274 e. The van der Waals surface area contributed by atoms with Gasteiger partial charge < -0.3 is 10.6 Å². The third-order valence-electron chi connectivity index (χ3n) is 3.65. The van der Waals surface area contributed by atoms with Crippen LogP contribution < -0.4 is 10.6 Å². The quantitative estimate of drug-likeness (QED) is 0.748. The number of hydrogen-bond donors (Lipinski definition) is 2. The lowest BCUT2D eigenvalue weighted by Crippen LogP contribution is -2.15. The van der Waals surface area contributed by atoms with Gasteiger partial charge >= 0.3 is 0 Å². The van der Waals surface area contributed by atoms with E-state index in [2.05, 4.69) is 20.6 Å². The molecule has 0 saturated heterocycles. The number of nitrogens with zero attached hydrogens (tertiary/aromatic N) is 2. The molecule has 0 bridgehead atoms. The normalized spacial score (nSPS) is 10.4. The molecule has 0 radical (unpaired) electrons. The number of aryl methyl sites for hydroxylation is 2. The van der Waals surface area contributed by atoms with Crippen molar-refractivity contribution >= 4 is 23.1 Å². The molecule has 1 aromatic heterocycles. The van der Waals surface area contributed by atoms with Crippen LogP contribution in [0.15, 0.2) is 54.9 Å². The summed E-state index contributed by atoms with van der Waals surface area (Å²) in [5.41, 5.74) is 3.75. The second kappa shape index (κ2) is 7.09. The number of rotatable bonds is 4. The Labute approximate surface area is 145 Å². The van der Waals surface area contributed by atoms with Gasteiger partial charge in [0.25, 0.3) is 5.91 Å². The van der Waals surface area contributed by atoms with Crippen LogP contribution in [-0.2, 0) is 0 Å². The van der Waals surface area contributed by atoms with Crippen molar-refractivity contribution in [3.63, 3.8) is 0 Å². The van der Waals surface area contributed by atoms with Crippen LogP contribution in [0.25, 0.3) is 0 Å². The predicted molar refractivity (Wildman–Crippen MR) is 95.6 cm³/mol. The maximum Gasteiger partial charge on any atom is 0.274 e. The molecule has 0 aliphatic carbocycles. The Hall–Kier alpha value is -3.28. The standard InChI is InChI=1S/C19H17FN4O/c1-12-3-8-16(13(2)9-12)24-19(25)17-10-18(22-11-21-17)23-15-6-4-14(20)5-7-15/h3-11H,1-2H3,(H,24,25)(H,21,22,23). The number of nitrogens with one attached hydrogen (secondary N) is 2. The van der Waals surface area contributed by atoms with Gasteiger partial charge in [-0.3, -0.25) is 4.79 Å². The van der Waals surface area contributed by atoms with Crippen LogP contribution in [0.2, 0.25) is 0 Å². The monoisotopic (exact) mass is 336 g/mol. The van der Waals surface area contributed by atoms with Crippen molar-refractivity contribution in [1.82, 2.24) is 9.97 Å². The highest BCUT2D eigenvalue weighted by atomic mass is 19.1. The molecule has 1 amide bonds. The molecule has 2 N–H and O–H groups in total. The third-order valence-corrected chi connectivity index (χ3v) is 3.65. The summed E-state index contributed by atoms with van der Waals surface area (Å²) in [7, 11) is 0. The van der Waals surface area contributed by atoms with Crippen LogP contribution in [-0.4, -0.2) is 15.9 Å². The third kappa shape index (κ3) is 4.17. The molecule has 0 fully saturated rings. The van der Waals surface area contributed by atoms with Gasteiger partial charge in [0.15, 0.2) is 0 Å². The molecule has 25 heavy (non-hydrogen) atoms. The fourth-order valence-electron chi connectivity index (χ4n) is 2.37. The van der Waals surface area contributed by atoms with E-state index in [0.717, 1.165) is 16.8 Å². The SMILES string of the molecule is Cc1ccc(NC(=O)c2cc(Nc3ccc(F)cc3)ncn2)c(C)c1. The van der Waals surface area contributed by atoms with E-state index in [4.69, 9.17) is 0 Å². The minimum absolute atomic E-state index is 0.236. The molecular formula is C19H17FN4O. The summed E-state index contributed by atoms with van der Waals surface area (Å²) in [5.74, 6) is -0.189. The zero-order valence-corrected chi connectivity index (χ0v) is 13.9. The zero-order valence-electron chi connectivity index (χ0n) is 13.9. The van der Waals surface area contributed by atoms with Gasteiger partial charge in [-0.15, -0.1) is 0 Å². The average Bonchev–Trinajstić information content (AvgIpc) is 2.60. The van der Waals surface area contributed by atoms with Gasteiger partial charge in [0.1, 0.15) is 23.7 Å². The number of carbonyl (C=O) groups is 1. The Morgan fingerprint density at radius 1 is 1.00 bits per heavy atom. The predicted octanol–water partition coefficient (Wildman–Crippen LogP) is 4.23. The van der Waals surface area contributed by atoms with Crippen LogP contribution in [0.4, 0.5) is 21.6 Å². The van der Waals surface area contributed by atoms with E-state index in [9.17, 15) is 9.18 Å². The summed E-state index contributed by atoms with van der Waals surface area (Å²) >= 11 is 0. The average molecular weight is 336 g/mol. The maximum absolute atomic E-state index is 13.0. The number of carbonyl (C=O) groups excluding carboxylic acids is 1. The summed E-state index contributed by atoms with van der Waals surface area (Å²) in [4.78, 5) is 20.5. The maximum atomic E-state index is 13.0. The fraction of sp³-hybridized carbons (Fsp3) is 0.105. The number of hydrogen-bond acceptors (Lipinski definition) is 4. The molecule has 0 aliphatic heterocycles. The highest BCUT2D eigenvalue weighted by Crippen LogP contribution is 2.18. The molecular weight excluding hydrogens is 319 g/mol. The molecule has 0 spiro atoms. The molecule has 0 saturated carbocycles. The van der Waals surface area contributed by atoms with Crippen molar-refractivity contribution in [2.45, 2.75) is 13.8 Å². The van der Waals surface area contributed by atoms with E-state index >= 15 is 0 Å². The number of anilines is 3. The summed E-state index contributed by atoms with van der Waals surface area (Å²) in [5, 5.41) is 5.86. The Morgan fingerprint density at radius 2 is 1.76 bits per heavy atom. The van der Waals surface area contributed by atoms with E-state index in [0.29, 0.717) is 11.5 Å². The second-order valence-corrected chi connectivity index (χ2v) is 5.69. The lowest BCUT2D eigenvalue weighted by molar-refractivity contribution is 0.102. The number of benzene rings is 2. The lowest BCUT2D eigenvalue weighted by Gasteiger charge is -2.10. The summed E-state index contributed by atoms with van der Waals surface area (Å²) in [6.07, 6.45) is 1.31.